The summed E-state index contributed by atoms with van der Waals surface area (Å²) in [4.78, 5) is 25.6. The van der Waals surface area contributed by atoms with Crippen molar-refractivity contribution in [3.63, 3.8) is 0 Å². The first kappa shape index (κ1) is 12.9. The van der Waals surface area contributed by atoms with E-state index in [9.17, 15) is 9.59 Å². The minimum atomic E-state index is -1.17. The van der Waals surface area contributed by atoms with Gasteiger partial charge in [0.25, 0.3) is 0 Å². The number of ether oxygens (including phenoxy) is 1. The van der Waals surface area contributed by atoms with Gasteiger partial charge in [0.05, 0.1) is 5.52 Å². The highest BCUT2D eigenvalue weighted by Gasteiger charge is 2.09. The smallest absolute Gasteiger partial charge is 0.352 e. The molecule has 1 aromatic heterocycles. The quantitative estimate of drug-likeness (QED) is 0.773. The molecule has 21 heavy (non-hydrogen) atoms. The largest absolute Gasteiger partial charge is 0.477 e. The summed E-state index contributed by atoms with van der Waals surface area (Å²) in [6.07, 6.45) is 0. The standard InChI is InChI=1S/C16H11NO4/c18-15-9-14(16(19)20)17-13-7-6-11(8-12(13)15)21-10-4-2-1-3-5-10/h1-9H,(H,17,18)(H,19,20). The Morgan fingerprint density at radius 2 is 1.76 bits per heavy atom. The highest BCUT2D eigenvalue weighted by atomic mass is 16.5. The van der Waals surface area contributed by atoms with Gasteiger partial charge in [-0.2, -0.15) is 0 Å². The van der Waals surface area contributed by atoms with Crippen LogP contribution in [0.15, 0.2) is 59.4 Å². The molecule has 0 radical (unpaired) electrons. The number of aromatic nitrogens is 1. The summed E-state index contributed by atoms with van der Waals surface area (Å²) in [5, 5.41) is 9.31. The molecule has 1 heterocycles. The van der Waals surface area contributed by atoms with E-state index in [0.29, 0.717) is 22.4 Å². The fourth-order valence-corrected chi connectivity index (χ4v) is 2.03. The molecule has 0 saturated heterocycles. The summed E-state index contributed by atoms with van der Waals surface area (Å²) < 4.78 is 5.65. The first-order valence-corrected chi connectivity index (χ1v) is 6.27. The normalized spacial score (nSPS) is 10.5. The molecule has 2 aromatic carbocycles. The van der Waals surface area contributed by atoms with Crippen molar-refractivity contribution in [1.29, 1.82) is 0 Å². The van der Waals surface area contributed by atoms with E-state index < -0.39 is 5.97 Å². The van der Waals surface area contributed by atoms with Gasteiger partial charge in [0.1, 0.15) is 17.2 Å². The molecule has 0 aliphatic heterocycles. The highest BCUT2D eigenvalue weighted by molar-refractivity contribution is 5.90. The lowest BCUT2D eigenvalue weighted by molar-refractivity contribution is 0.0691. The second kappa shape index (κ2) is 5.13. The first-order valence-electron chi connectivity index (χ1n) is 6.27. The minimum absolute atomic E-state index is 0.135. The number of rotatable bonds is 3. The molecule has 3 aromatic rings. The molecule has 2 N–H and O–H groups in total. The Morgan fingerprint density at radius 1 is 1.00 bits per heavy atom. The molecule has 0 bridgehead atoms. The summed E-state index contributed by atoms with van der Waals surface area (Å²) in [7, 11) is 0. The molecule has 0 atom stereocenters. The SMILES string of the molecule is O=C(O)c1cc(=O)c2cc(Oc3ccccc3)ccc2[nH]1. The number of fused-ring (bicyclic) bond motifs is 1. The van der Waals surface area contributed by atoms with Gasteiger partial charge in [-0.3, -0.25) is 4.79 Å². The third-order valence-electron chi connectivity index (χ3n) is 3.01. The van der Waals surface area contributed by atoms with Crippen molar-refractivity contribution in [2.75, 3.05) is 0 Å². The number of carboxylic acid groups (broad SMARTS) is 1. The highest BCUT2D eigenvalue weighted by Crippen LogP contribution is 2.23. The first-order chi connectivity index (χ1) is 10.1. The maximum atomic E-state index is 12.0. The van der Waals surface area contributed by atoms with Crippen molar-refractivity contribution in [1.82, 2.24) is 4.98 Å². The van der Waals surface area contributed by atoms with Gasteiger partial charge in [0.2, 0.25) is 0 Å². The van der Waals surface area contributed by atoms with Crippen LogP contribution in [0.1, 0.15) is 10.5 Å². The van der Waals surface area contributed by atoms with E-state index >= 15 is 0 Å². The second-order valence-corrected chi connectivity index (χ2v) is 4.47. The molecular weight excluding hydrogens is 270 g/mol. The molecule has 0 aliphatic rings. The van der Waals surface area contributed by atoms with Crippen molar-refractivity contribution in [3.05, 3.63) is 70.5 Å². The fraction of sp³-hybridized carbons (Fsp3) is 0. The zero-order valence-electron chi connectivity index (χ0n) is 10.9. The van der Waals surface area contributed by atoms with Crippen molar-refractivity contribution in [3.8, 4) is 11.5 Å². The maximum Gasteiger partial charge on any atom is 0.352 e. The van der Waals surface area contributed by atoms with Crippen molar-refractivity contribution >= 4 is 16.9 Å². The lowest BCUT2D eigenvalue weighted by atomic mass is 10.2. The number of carboxylic acids is 1. The van der Waals surface area contributed by atoms with Crippen LogP contribution in [-0.2, 0) is 0 Å². The van der Waals surface area contributed by atoms with E-state index in [1.807, 2.05) is 30.3 Å². The van der Waals surface area contributed by atoms with Crippen LogP contribution in [0.5, 0.6) is 11.5 Å². The zero-order chi connectivity index (χ0) is 14.8. The van der Waals surface area contributed by atoms with Gasteiger partial charge in [0.15, 0.2) is 5.43 Å². The van der Waals surface area contributed by atoms with Crippen LogP contribution in [0.4, 0.5) is 0 Å². The second-order valence-electron chi connectivity index (χ2n) is 4.47. The van der Waals surface area contributed by atoms with Crippen molar-refractivity contribution in [2.24, 2.45) is 0 Å². The number of hydrogen-bond donors (Lipinski definition) is 2. The van der Waals surface area contributed by atoms with Crippen LogP contribution < -0.4 is 10.2 Å². The monoisotopic (exact) mass is 281 g/mol. The number of H-pyrrole nitrogens is 1. The average Bonchev–Trinajstić information content (AvgIpc) is 2.48. The van der Waals surface area contributed by atoms with Gasteiger partial charge in [-0.1, -0.05) is 18.2 Å². The topological polar surface area (TPSA) is 79.4 Å². The van der Waals surface area contributed by atoms with Crippen molar-refractivity contribution < 1.29 is 14.6 Å². The Hall–Kier alpha value is -3.08. The number of aromatic amines is 1. The Bertz CT molecular complexity index is 868. The summed E-state index contributed by atoms with van der Waals surface area (Å²) >= 11 is 0. The van der Waals surface area contributed by atoms with Gasteiger partial charge < -0.3 is 14.8 Å². The lowest BCUT2D eigenvalue weighted by Crippen LogP contribution is -2.09. The van der Waals surface area contributed by atoms with Crippen LogP contribution >= 0.6 is 0 Å². The third kappa shape index (κ3) is 2.62. The number of pyridine rings is 1. The Labute approximate surface area is 119 Å². The number of carbonyl (C=O) groups is 1. The molecule has 3 rings (SSSR count). The number of benzene rings is 2. The van der Waals surface area contributed by atoms with Gasteiger partial charge >= 0.3 is 5.97 Å². The van der Waals surface area contributed by atoms with E-state index in [2.05, 4.69) is 4.98 Å². The van der Waals surface area contributed by atoms with Crippen LogP contribution in [0.2, 0.25) is 0 Å². The molecule has 104 valence electrons. The van der Waals surface area contributed by atoms with Crippen LogP contribution in [-0.4, -0.2) is 16.1 Å². The Morgan fingerprint density at radius 3 is 2.48 bits per heavy atom. The zero-order valence-corrected chi connectivity index (χ0v) is 10.9. The average molecular weight is 281 g/mol. The molecule has 5 nitrogen and oxygen atoms in total. The van der Waals surface area contributed by atoms with Gasteiger partial charge in [-0.15, -0.1) is 0 Å². The van der Waals surface area contributed by atoms with Crippen LogP contribution in [0.25, 0.3) is 10.9 Å². The summed E-state index contributed by atoms with van der Waals surface area (Å²) in [5.41, 5.74) is -0.0378. The molecule has 0 amide bonds. The van der Waals surface area contributed by atoms with E-state index in [-0.39, 0.29) is 11.1 Å². The van der Waals surface area contributed by atoms with Gasteiger partial charge in [0, 0.05) is 11.5 Å². The predicted octanol–water partition coefficient (Wildman–Crippen LogP) is 3.02. The maximum absolute atomic E-state index is 12.0. The third-order valence-corrected chi connectivity index (χ3v) is 3.01. The number of para-hydroxylation sites is 1. The Balaban J connectivity index is 2.05. The molecular formula is C16H11NO4. The van der Waals surface area contributed by atoms with E-state index in [1.54, 1.807) is 18.2 Å². The van der Waals surface area contributed by atoms with Crippen molar-refractivity contribution in [2.45, 2.75) is 0 Å². The number of aromatic carboxylic acids is 1. The summed E-state index contributed by atoms with van der Waals surface area (Å²) in [6, 6.07) is 15.2. The van der Waals surface area contributed by atoms with Gasteiger partial charge in [-0.25, -0.2) is 4.79 Å². The van der Waals surface area contributed by atoms with E-state index in [0.717, 1.165) is 6.07 Å². The molecule has 0 saturated carbocycles. The number of nitrogens with one attached hydrogen (secondary N) is 1. The minimum Gasteiger partial charge on any atom is -0.477 e. The fourth-order valence-electron chi connectivity index (χ4n) is 2.03. The molecule has 0 aliphatic carbocycles. The summed E-state index contributed by atoms with van der Waals surface area (Å²) in [5.74, 6) is 0.0105. The Kier molecular flexibility index (Phi) is 3.16. The molecule has 5 heteroatoms. The predicted molar refractivity (Wildman–Crippen MR) is 78.0 cm³/mol. The summed E-state index contributed by atoms with van der Waals surface area (Å²) in [6.45, 7) is 0. The van der Waals surface area contributed by atoms with Crippen LogP contribution in [0, 0.1) is 0 Å². The number of hydrogen-bond acceptors (Lipinski definition) is 3. The van der Waals surface area contributed by atoms with E-state index in [4.69, 9.17) is 9.84 Å². The van der Waals surface area contributed by atoms with Gasteiger partial charge in [-0.05, 0) is 30.3 Å². The lowest BCUT2D eigenvalue weighted by Gasteiger charge is -2.07. The van der Waals surface area contributed by atoms with Crippen LogP contribution in [0.3, 0.4) is 0 Å². The molecule has 0 fully saturated rings. The molecule has 0 unspecified atom stereocenters. The van der Waals surface area contributed by atoms with E-state index in [1.165, 1.54) is 0 Å². The molecule has 0 spiro atoms.